The first-order chi connectivity index (χ1) is 8.11. The van der Waals surface area contributed by atoms with Gasteiger partial charge in [-0.25, -0.2) is 0 Å². The van der Waals surface area contributed by atoms with E-state index in [-0.39, 0.29) is 11.7 Å². The average molecular weight is 229 g/mol. The lowest BCUT2D eigenvalue weighted by Crippen LogP contribution is -2.26. The average Bonchev–Trinajstić information content (AvgIpc) is 2.36. The van der Waals surface area contributed by atoms with E-state index >= 15 is 0 Å². The van der Waals surface area contributed by atoms with Gasteiger partial charge >= 0.3 is 0 Å². The molecule has 0 aliphatic rings. The van der Waals surface area contributed by atoms with Crippen LogP contribution in [-0.2, 0) is 0 Å². The fraction of sp³-hybridized carbons (Fsp3) is 0.286. The molecular formula is C14H15NO2. The molecule has 2 rings (SSSR count). The second kappa shape index (κ2) is 4.63. The summed E-state index contributed by atoms with van der Waals surface area (Å²) in [6.45, 7) is 3.64. The van der Waals surface area contributed by atoms with Crippen molar-refractivity contribution in [2.75, 3.05) is 0 Å². The van der Waals surface area contributed by atoms with E-state index in [1.54, 1.807) is 12.3 Å². The highest BCUT2D eigenvalue weighted by Crippen LogP contribution is 2.19. The molecule has 1 aromatic carbocycles. The van der Waals surface area contributed by atoms with Gasteiger partial charge in [-0.2, -0.15) is 0 Å². The predicted molar refractivity (Wildman–Crippen MR) is 66.9 cm³/mol. The van der Waals surface area contributed by atoms with E-state index in [9.17, 15) is 9.90 Å². The van der Waals surface area contributed by atoms with Gasteiger partial charge in [0.2, 0.25) is 0 Å². The van der Waals surface area contributed by atoms with Crippen molar-refractivity contribution < 1.29 is 9.90 Å². The Hall–Kier alpha value is -1.74. The maximum absolute atomic E-state index is 12.1. The summed E-state index contributed by atoms with van der Waals surface area (Å²) >= 11 is 0. The summed E-state index contributed by atoms with van der Waals surface area (Å²) in [6.07, 6.45) is 0.684. The maximum atomic E-state index is 12.1. The third-order valence-corrected chi connectivity index (χ3v) is 2.80. The Kier molecular flexibility index (Phi) is 3.20. The van der Waals surface area contributed by atoms with E-state index in [0.717, 1.165) is 5.39 Å². The Balaban J connectivity index is 2.52. The lowest BCUT2D eigenvalue weighted by atomic mass is 9.96. The van der Waals surface area contributed by atoms with Crippen molar-refractivity contribution in [2.24, 2.45) is 5.92 Å². The number of para-hydroxylation sites is 1. The molecule has 0 bridgehead atoms. The number of benzene rings is 1. The van der Waals surface area contributed by atoms with Crippen LogP contribution in [0.5, 0.6) is 0 Å². The number of nitrogens with zero attached hydrogens (tertiary/aromatic N) is 1. The van der Waals surface area contributed by atoms with Gasteiger partial charge in [-0.1, -0.05) is 32.0 Å². The third kappa shape index (κ3) is 2.19. The largest absolute Gasteiger partial charge is 0.385 e. The lowest BCUT2D eigenvalue weighted by molar-refractivity contribution is 0.0649. The van der Waals surface area contributed by atoms with Gasteiger partial charge in [0.1, 0.15) is 6.10 Å². The third-order valence-electron chi connectivity index (χ3n) is 2.80. The van der Waals surface area contributed by atoms with Crippen LogP contribution in [0.25, 0.3) is 10.9 Å². The maximum Gasteiger partial charge on any atom is 0.193 e. The van der Waals surface area contributed by atoms with Gasteiger partial charge in [-0.3, -0.25) is 9.78 Å². The van der Waals surface area contributed by atoms with Crippen LogP contribution >= 0.6 is 0 Å². The quantitative estimate of drug-likeness (QED) is 0.822. The molecule has 0 saturated carbocycles. The number of aliphatic hydroxyl groups excluding tert-OH is 1. The molecule has 1 N–H and O–H groups in total. The van der Waals surface area contributed by atoms with Crippen molar-refractivity contribution in [3.8, 4) is 0 Å². The number of pyridine rings is 1. The number of hydrogen-bond donors (Lipinski definition) is 1. The number of Topliss-reactive ketones (excluding diaryl/α,β-unsaturated/α-hetero) is 1. The van der Waals surface area contributed by atoms with Crippen LogP contribution in [0.15, 0.2) is 36.5 Å². The number of rotatable bonds is 3. The predicted octanol–water partition coefficient (Wildman–Crippen LogP) is 2.43. The van der Waals surface area contributed by atoms with Gasteiger partial charge in [-0.05, 0) is 18.1 Å². The molecule has 1 atom stereocenters. The Morgan fingerprint density at radius 3 is 2.65 bits per heavy atom. The Bertz CT molecular complexity index is 543. The molecule has 17 heavy (non-hydrogen) atoms. The minimum absolute atomic E-state index is 0.0959. The fourth-order valence-corrected chi connectivity index (χ4v) is 1.77. The van der Waals surface area contributed by atoms with E-state index in [0.29, 0.717) is 11.1 Å². The summed E-state index contributed by atoms with van der Waals surface area (Å²) < 4.78 is 0. The van der Waals surface area contributed by atoms with Crippen molar-refractivity contribution >= 4 is 16.7 Å². The topological polar surface area (TPSA) is 50.2 Å². The van der Waals surface area contributed by atoms with Crippen LogP contribution in [0, 0.1) is 5.92 Å². The van der Waals surface area contributed by atoms with Crippen molar-refractivity contribution in [1.82, 2.24) is 4.98 Å². The van der Waals surface area contributed by atoms with E-state index in [4.69, 9.17) is 0 Å². The molecule has 1 unspecified atom stereocenters. The Labute approximate surface area is 100 Å². The van der Waals surface area contributed by atoms with Crippen molar-refractivity contribution in [2.45, 2.75) is 20.0 Å². The van der Waals surface area contributed by atoms with Crippen LogP contribution in [0.2, 0.25) is 0 Å². The van der Waals surface area contributed by atoms with Crippen molar-refractivity contribution in [1.29, 1.82) is 0 Å². The highest BCUT2D eigenvalue weighted by Gasteiger charge is 2.22. The smallest absolute Gasteiger partial charge is 0.193 e. The SMILES string of the molecule is CC(C)C(O)C(=O)c1cccc2cccnc12. The second-order valence-electron chi connectivity index (χ2n) is 4.43. The summed E-state index contributed by atoms with van der Waals surface area (Å²) in [6, 6.07) is 9.16. The molecular weight excluding hydrogens is 214 g/mol. The van der Waals surface area contributed by atoms with Gasteiger partial charge in [0.15, 0.2) is 5.78 Å². The highest BCUT2D eigenvalue weighted by atomic mass is 16.3. The first kappa shape index (κ1) is 11.7. The van der Waals surface area contributed by atoms with Crippen molar-refractivity contribution in [3.63, 3.8) is 0 Å². The van der Waals surface area contributed by atoms with Crippen LogP contribution in [0.3, 0.4) is 0 Å². The van der Waals surface area contributed by atoms with Crippen LogP contribution in [-0.4, -0.2) is 22.0 Å². The summed E-state index contributed by atoms with van der Waals surface area (Å²) in [5, 5.41) is 10.7. The normalized spacial score (nSPS) is 12.9. The van der Waals surface area contributed by atoms with Crippen LogP contribution < -0.4 is 0 Å². The standard InChI is InChI=1S/C14H15NO2/c1-9(2)13(16)14(17)11-7-3-5-10-6-4-8-15-12(10)11/h3-9,13,16H,1-2H3. The summed E-state index contributed by atoms with van der Waals surface area (Å²) in [7, 11) is 0. The van der Waals surface area contributed by atoms with E-state index in [1.165, 1.54) is 0 Å². The second-order valence-corrected chi connectivity index (χ2v) is 4.43. The molecule has 0 saturated heterocycles. The first-order valence-corrected chi connectivity index (χ1v) is 5.67. The summed E-state index contributed by atoms with van der Waals surface area (Å²) in [5.74, 6) is -0.356. The lowest BCUT2D eigenvalue weighted by Gasteiger charge is -2.13. The van der Waals surface area contributed by atoms with E-state index in [2.05, 4.69) is 4.98 Å². The van der Waals surface area contributed by atoms with Gasteiger partial charge < -0.3 is 5.11 Å². The molecule has 3 heteroatoms. The number of aromatic nitrogens is 1. The molecule has 0 amide bonds. The van der Waals surface area contributed by atoms with E-state index < -0.39 is 6.10 Å². The molecule has 0 aliphatic heterocycles. The zero-order valence-corrected chi connectivity index (χ0v) is 9.92. The van der Waals surface area contributed by atoms with Crippen LogP contribution in [0.1, 0.15) is 24.2 Å². The summed E-state index contributed by atoms with van der Waals surface area (Å²) in [4.78, 5) is 16.3. The molecule has 1 aromatic heterocycles. The minimum Gasteiger partial charge on any atom is -0.385 e. The monoisotopic (exact) mass is 229 g/mol. The zero-order chi connectivity index (χ0) is 12.4. The molecule has 0 aliphatic carbocycles. The number of ketones is 1. The fourth-order valence-electron chi connectivity index (χ4n) is 1.77. The summed E-state index contributed by atoms with van der Waals surface area (Å²) in [5.41, 5.74) is 1.14. The molecule has 3 nitrogen and oxygen atoms in total. The molecule has 88 valence electrons. The van der Waals surface area contributed by atoms with Gasteiger partial charge in [0, 0.05) is 17.1 Å². The number of aliphatic hydroxyl groups is 1. The number of hydrogen-bond acceptors (Lipinski definition) is 3. The number of carbonyl (C=O) groups is 1. The molecule has 0 spiro atoms. The van der Waals surface area contributed by atoms with Gasteiger partial charge in [0.05, 0.1) is 5.52 Å². The number of carbonyl (C=O) groups excluding carboxylic acids is 1. The Morgan fingerprint density at radius 1 is 1.24 bits per heavy atom. The van der Waals surface area contributed by atoms with Crippen molar-refractivity contribution in [3.05, 3.63) is 42.1 Å². The first-order valence-electron chi connectivity index (χ1n) is 5.67. The molecule has 1 heterocycles. The van der Waals surface area contributed by atoms with E-state index in [1.807, 2.05) is 38.1 Å². The molecule has 0 radical (unpaired) electrons. The molecule has 0 fully saturated rings. The Morgan fingerprint density at radius 2 is 1.94 bits per heavy atom. The zero-order valence-electron chi connectivity index (χ0n) is 9.92. The minimum atomic E-state index is -0.970. The highest BCUT2D eigenvalue weighted by molar-refractivity contribution is 6.08. The van der Waals surface area contributed by atoms with Gasteiger partial charge in [-0.15, -0.1) is 0 Å². The van der Waals surface area contributed by atoms with Crippen LogP contribution in [0.4, 0.5) is 0 Å². The molecule has 2 aromatic rings. The van der Waals surface area contributed by atoms with Gasteiger partial charge in [0.25, 0.3) is 0 Å². The number of fused-ring (bicyclic) bond motifs is 1.